The van der Waals surface area contributed by atoms with Gasteiger partial charge >= 0.3 is 0 Å². The molecule has 1 rings (SSSR count). The summed E-state index contributed by atoms with van der Waals surface area (Å²) in [6.45, 7) is 4.15. The van der Waals surface area contributed by atoms with Gasteiger partial charge in [-0.1, -0.05) is 18.5 Å². The number of amides is 2. The summed E-state index contributed by atoms with van der Waals surface area (Å²) in [5, 5.41) is 5.38. The predicted molar refractivity (Wildman–Crippen MR) is 77.2 cm³/mol. The molecule has 2 N–H and O–H groups in total. The lowest BCUT2D eigenvalue weighted by Gasteiger charge is -2.14. The van der Waals surface area contributed by atoms with Gasteiger partial charge in [0.25, 0.3) is 5.91 Å². The average Bonchev–Trinajstić information content (AvgIpc) is 2.38. The van der Waals surface area contributed by atoms with Crippen LogP contribution in [-0.4, -0.2) is 29.4 Å². The maximum Gasteiger partial charge on any atom is 0.255 e. The van der Waals surface area contributed by atoms with Crippen LogP contribution in [0.2, 0.25) is 5.15 Å². The molecule has 0 aromatic carbocycles. The van der Waals surface area contributed by atoms with Crippen molar-refractivity contribution < 1.29 is 9.59 Å². The van der Waals surface area contributed by atoms with E-state index in [-0.39, 0.29) is 16.6 Å². The zero-order valence-corrected chi connectivity index (χ0v) is 13.0. The number of hydrogen-bond donors (Lipinski definition) is 2. The maximum atomic E-state index is 12.0. The third kappa shape index (κ3) is 4.80. The predicted octanol–water partition coefficient (Wildman–Crippen LogP) is 2.14. The van der Waals surface area contributed by atoms with Crippen molar-refractivity contribution in [2.45, 2.75) is 26.3 Å². The second-order valence-corrected chi connectivity index (χ2v) is 5.25. The van der Waals surface area contributed by atoms with E-state index in [1.54, 1.807) is 13.0 Å². The van der Waals surface area contributed by atoms with Gasteiger partial charge in [0.2, 0.25) is 5.91 Å². The third-order valence-electron chi connectivity index (χ3n) is 2.34. The molecule has 1 aromatic rings. The molecule has 1 aromatic heterocycles. The van der Waals surface area contributed by atoms with E-state index in [0.29, 0.717) is 11.0 Å². The van der Waals surface area contributed by atoms with Gasteiger partial charge < -0.3 is 10.6 Å². The fraction of sp³-hybridized carbons (Fsp3) is 0.417. The molecule has 0 bridgehead atoms. The lowest BCUT2D eigenvalue weighted by atomic mass is 10.2. The van der Waals surface area contributed by atoms with Gasteiger partial charge in [-0.3, -0.25) is 9.59 Å². The summed E-state index contributed by atoms with van der Waals surface area (Å²) < 4.78 is 0.644. The number of nitrogens with zero attached hydrogens (tertiary/aromatic N) is 1. The molecule has 5 nitrogen and oxygen atoms in total. The van der Waals surface area contributed by atoms with E-state index in [1.807, 2.05) is 6.92 Å². The van der Waals surface area contributed by atoms with Gasteiger partial charge in [-0.15, -0.1) is 0 Å². The Labute approximate surface area is 125 Å². The first-order chi connectivity index (χ1) is 8.95. The van der Waals surface area contributed by atoms with Crippen LogP contribution < -0.4 is 10.6 Å². The second-order valence-electron chi connectivity index (χ2n) is 3.98. The summed E-state index contributed by atoms with van der Waals surface area (Å²) in [6.07, 6.45) is 2.34. The fourth-order valence-corrected chi connectivity index (χ4v) is 1.84. The molecule has 104 valence electrons. The van der Waals surface area contributed by atoms with E-state index in [0.717, 1.165) is 6.42 Å². The first-order valence-electron chi connectivity index (χ1n) is 5.85. The van der Waals surface area contributed by atoms with Crippen LogP contribution in [0.1, 0.15) is 30.6 Å². The Morgan fingerprint density at radius 2 is 2.21 bits per heavy atom. The molecule has 19 heavy (non-hydrogen) atoms. The van der Waals surface area contributed by atoms with Gasteiger partial charge in [-0.05, 0) is 35.3 Å². The SMILES string of the molecule is CCCNC(=O)C(C)NC(=O)c1cc(Br)cnc1Cl. The molecular formula is C12H15BrClN3O2. The van der Waals surface area contributed by atoms with Gasteiger partial charge in [0.05, 0.1) is 5.56 Å². The van der Waals surface area contributed by atoms with Crippen molar-refractivity contribution in [3.8, 4) is 0 Å². The van der Waals surface area contributed by atoms with Crippen molar-refractivity contribution in [3.05, 3.63) is 27.5 Å². The summed E-state index contributed by atoms with van der Waals surface area (Å²) in [5.41, 5.74) is 0.228. The minimum absolute atomic E-state index is 0.0990. The van der Waals surface area contributed by atoms with E-state index in [4.69, 9.17) is 11.6 Å². The fourth-order valence-electron chi connectivity index (χ4n) is 1.32. The number of carbonyl (C=O) groups is 2. The summed E-state index contributed by atoms with van der Waals surface area (Å²) >= 11 is 9.06. The molecule has 1 heterocycles. The average molecular weight is 349 g/mol. The van der Waals surface area contributed by atoms with Crippen LogP contribution in [0.4, 0.5) is 0 Å². The van der Waals surface area contributed by atoms with Crippen LogP contribution in [-0.2, 0) is 4.79 Å². The zero-order chi connectivity index (χ0) is 14.4. The normalized spacial score (nSPS) is 11.8. The number of rotatable bonds is 5. The number of pyridine rings is 1. The van der Waals surface area contributed by atoms with Crippen LogP contribution in [0.5, 0.6) is 0 Å². The van der Waals surface area contributed by atoms with E-state index >= 15 is 0 Å². The maximum absolute atomic E-state index is 12.0. The molecule has 0 aliphatic rings. The Morgan fingerprint density at radius 3 is 2.84 bits per heavy atom. The largest absolute Gasteiger partial charge is 0.354 e. The van der Waals surface area contributed by atoms with Crippen LogP contribution >= 0.6 is 27.5 Å². The highest BCUT2D eigenvalue weighted by atomic mass is 79.9. The summed E-state index contributed by atoms with van der Waals surface area (Å²) in [7, 11) is 0. The summed E-state index contributed by atoms with van der Waals surface area (Å²) in [4.78, 5) is 27.5. The quantitative estimate of drug-likeness (QED) is 0.801. The molecule has 0 spiro atoms. The van der Waals surface area contributed by atoms with E-state index in [2.05, 4.69) is 31.5 Å². The van der Waals surface area contributed by atoms with Crippen molar-refractivity contribution in [1.29, 1.82) is 0 Å². The Balaban J connectivity index is 2.68. The van der Waals surface area contributed by atoms with Gasteiger partial charge in [0, 0.05) is 17.2 Å². The highest BCUT2D eigenvalue weighted by Crippen LogP contribution is 2.17. The number of aromatic nitrogens is 1. The smallest absolute Gasteiger partial charge is 0.255 e. The van der Waals surface area contributed by atoms with Crippen molar-refractivity contribution in [2.24, 2.45) is 0 Å². The molecule has 0 aliphatic carbocycles. The minimum atomic E-state index is -0.630. The second kappa shape index (κ2) is 7.45. The minimum Gasteiger partial charge on any atom is -0.354 e. The highest BCUT2D eigenvalue weighted by molar-refractivity contribution is 9.10. The molecule has 0 fully saturated rings. The highest BCUT2D eigenvalue weighted by Gasteiger charge is 2.18. The van der Waals surface area contributed by atoms with Crippen LogP contribution in [0, 0.1) is 0 Å². The Kier molecular flexibility index (Phi) is 6.24. The lowest BCUT2D eigenvalue weighted by Crippen LogP contribution is -2.45. The Morgan fingerprint density at radius 1 is 1.53 bits per heavy atom. The van der Waals surface area contributed by atoms with Crippen LogP contribution in [0.15, 0.2) is 16.7 Å². The van der Waals surface area contributed by atoms with Crippen molar-refractivity contribution in [3.63, 3.8) is 0 Å². The van der Waals surface area contributed by atoms with E-state index < -0.39 is 11.9 Å². The van der Waals surface area contributed by atoms with Gasteiger partial charge in [-0.2, -0.15) is 0 Å². The van der Waals surface area contributed by atoms with Crippen LogP contribution in [0.25, 0.3) is 0 Å². The number of nitrogens with one attached hydrogen (secondary N) is 2. The molecule has 0 saturated heterocycles. The molecule has 2 amide bonds. The lowest BCUT2D eigenvalue weighted by molar-refractivity contribution is -0.122. The topological polar surface area (TPSA) is 71.1 Å². The van der Waals surface area contributed by atoms with E-state index in [1.165, 1.54) is 6.20 Å². The van der Waals surface area contributed by atoms with Crippen LogP contribution in [0.3, 0.4) is 0 Å². The van der Waals surface area contributed by atoms with Gasteiger partial charge in [-0.25, -0.2) is 4.98 Å². The molecule has 0 aliphatic heterocycles. The molecule has 0 saturated carbocycles. The number of hydrogen-bond acceptors (Lipinski definition) is 3. The summed E-state index contributed by atoms with van der Waals surface area (Å²) in [5.74, 6) is -0.660. The molecular weight excluding hydrogens is 334 g/mol. The molecule has 1 atom stereocenters. The Bertz CT molecular complexity index is 482. The van der Waals surface area contributed by atoms with Crippen molar-refractivity contribution >= 4 is 39.3 Å². The van der Waals surface area contributed by atoms with Gasteiger partial charge in [0.1, 0.15) is 11.2 Å². The number of halogens is 2. The first-order valence-corrected chi connectivity index (χ1v) is 7.02. The monoisotopic (exact) mass is 347 g/mol. The first kappa shape index (κ1) is 15.9. The van der Waals surface area contributed by atoms with Crippen molar-refractivity contribution in [1.82, 2.24) is 15.6 Å². The molecule has 1 unspecified atom stereocenters. The molecule has 0 radical (unpaired) electrons. The number of carbonyl (C=O) groups excluding carboxylic acids is 2. The van der Waals surface area contributed by atoms with Gasteiger partial charge in [0.15, 0.2) is 0 Å². The standard InChI is InChI=1S/C12H15BrClN3O2/c1-3-4-15-11(18)7(2)17-12(19)9-5-8(13)6-16-10(9)14/h5-7H,3-4H2,1-2H3,(H,15,18)(H,17,19). The zero-order valence-electron chi connectivity index (χ0n) is 10.7. The Hall–Kier alpha value is -1.14. The van der Waals surface area contributed by atoms with E-state index in [9.17, 15) is 9.59 Å². The van der Waals surface area contributed by atoms with Crippen molar-refractivity contribution in [2.75, 3.05) is 6.54 Å². The summed E-state index contributed by atoms with van der Waals surface area (Å²) in [6, 6.07) is 0.926. The molecule has 7 heteroatoms. The third-order valence-corrected chi connectivity index (χ3v) is 3.08.